The summed E-state index contributed by atoms with van der Waals surface area (Å²) in [6, 6.07) is 9.32. The van der Waals surface area contributed by atoms with E-state index in [9.17, 15) is 0 Å². The first-order valence-corrected chi connectivity index (χ1v) is 5.65. The van der Waals surface area contributed by atoms with Crippen LogP contribution in [0.5, 0.6) is 0 Å². The number of halogens is 2. The molecule has 84 valence electrons. The monoisotopic (exact) mass is 255 g/mol. The number of aliphatic hydroxyl groups excluding tert-OH is 1. The lowest BCUT2D eigenvalue weighted by molar-refractivity contribution is 0.271. The van der Waals surface area contributed by atoms with Crippen molar-refractivity contribution >= 4 is 23.2 Å². The summed E-state index contributed by atoms with van der Waals surface area (Å²) in [5, 5.41) is 10.3. The third-order valence-electron chi connectivity index (χ3n) is 2.46. The molecule has 1 N–H and O–H groups in total. The molecule has 4 heteroatoms. The van der Waals surface area contributed by atoms with Gasteiger partial charge in [-0.1, -0.05) is 35.3 Å². The molecule has 0 saturated carbocycles. The van der Waals surface area contributed by atoms with Gasteiger partial charge in [0.1, 0.15) is 0 Å². The van der Waals surface area contributed by atoms with Gasteiger partial charge in [0.2, 0.25) is 0 Å². The molecule has 1 aromatic carbocycles. The number of benzene rings is 1. The van der Waals surface area contributed by atoms with Crippen LogP contribution in [0.4, 0.5) is 0 Å². The minimum Gasteiger partial charge on any atom is -0.390 e. The second-order valence-electron chi connectivity index (χ2n) is 3.50. The van der Waals surface area contributed by atoms with Crippen LogP contribution >= 0.6 is 23.2 Å². The molecule has 0 fully saturated rings. The third kappa shape index (κ3) is 2.24. The van der Waals surface area contributed by atoms with E-state index < -0.39 is 0 Å². The topological polar surface area (TPSA) is 25.2 Å². The number of rotatable bonds is 3. The van der Waals surface area contributed by atoms with Crippen LogP contribution in [0, 0.1) is 0 Å². The van der Waals surface area contributed by atoms with Crippen LogP contribution in [0.15, 0.2) is 36.5 Å². The molecule has 0 bridgehead atoms. The van der Waals surface area contributed by atoms with E-state index in [0.29, 0.717) is 16.6 Å². The van der Waals surface area contributed by atoms with Gasteiger partial charge in [-0.3, -0.25) is 0 Å². The fourth-order valence-corrected chi connectivity index (χ4v) is 1.98. The molecule has 16 heavy (non-hydrogen) atoms. The van der Waals surface area contributed by atoms with Gasteiger partial charge in [0, 0.05) is 18.4 Å². The largest absolute Gasteiger partial charge is 0.390 e. The van der Waals surface area contributed by atoms with Crippen molar-refractivity contribution in [3.63, 3.8) is 0 Å². The van der Waals surface area contributed by atoms with Gasteiger partial charge < -0.3 is 9.67 Å². The summed E-state index contributed by atoms with van der Waals surface area (Å²) < 4.78 is 1.94. The van der Waals surface area contributed by atoms with Crippen LogP contribution < -0.4 is 0 Å². The average molecular weight is 256 g/mol. The van der Waals surface area contributed by atoms with E-state index in [4.69, 9.17) is 28.3 Å². The molecule has 2 rings (SSSR count). The summed E-state index contributed by atoms with van der Waals surface area (Å²) in [6.45, 7) is 0.632. The molecule has 2 nitrogen and oxygen atoms in total. The molecule has 0 aliphatic rings. The first-order chi connectivity index (χ1) is 7.72. The second kappa shape index (κ2) is 4.91. The maximum Gasteiger partial charge on any atom is 0.0832 e. The normalized spacial score (nSPS) is 10.7. The van der Waals surface area contributed by atoms with Crippen LogP contribution in [-0.2, 0) is 13.2 Å². The molecule has 0 unspecified atom stereocenters. The van der Waals surface area contributed by atoms with Crippen LogP contribution in [0.2, 0.25) is 10.0 Å². The Morgan fingerprint density at radius 3 is 2.69 bits per heavy atom. The number of hydrogen-bond acceptors (Lipinski definition) is 1. The molecule has 0 saturated heterocycles. The van der Waals surface area contributed by atoms with Gasteiger partial charge in [-0.15, -0.1) is 0 Å². The molecule has 1 heterocycles. The Kier molecular flexibility index (Phi) is 3.54. The Balaban J connectivity index is 2.30. The maximum absolute atomic E-state index is 9.13. The van der Waals surface area contributed by atoms with Gasteiger partial charge in [0.15, 0.2) is 0 Å². The summed E-state index contributed by atoms with van der Waals surface area (Å²) in [5.41, 5.74) is 1.80. The molecular weight excluding hydrogens is 245 g/mol. The predicted molar refractivity (Wildman–Crippen MR) is 65.9 cm³/mol. The molecule has 0 atom stereocenters. The van der Waals surface area contributed by atoms with E-state index >= 15 is 0 Å². The van der Waals surface area contributed by atoms with Crippen molar-refractivity contribution in [3.8, 4) is 0 Å². The maximum atomic E-state index is 9.13. The van der Waals surface area contributed by atoms with Crippen molar-refractivity contribution in [2.24, 2.45) is 0 Å². The van der Waals surface area contributed by atoms with Gasteiger partial charge in [-0.25, -0.2) is 0 Å². The fraction of sp³-hybridized carbons (Fsp3) is 0.167. The molecular formula is C12H11Cl2NO. The number of aliphatic hydroxyl groups is 1. The van der Waals surface area contributed by atoms with E-state index in [1.54, 1.807) is 6.07 Å². The Labute approximate surface area is 104 Å². The summed E-state index contributed by atoms with van der Waals surface area (Å²) in [4.78, 5) is 0. The Morgan fingerprint density at radius 1 is 1.12 bits per heavy atom. The van der Waals surface area contributed by atoms with E-state index in [-0.39, 0.29) is 6.61 Å². The average Bonchev–Trinajstić information content (AvgIpc) is 2.72. The number of nitrogens with zero attached hydrogens (tertiary/aromatic N) is 1. The van der Waals surface area contributed by atoms with E-state index in [2.05, 4.69) is 0 Å². The highest BCUT2D eigenvalue weighted by Crippen LogP contribution is 2.26. The van der Waals surface area contributed by atoms with Crippen molar-refractivity contribution in [1.82, 2.24) is 4.57 Å². The van der Waals surface area contributed by atoms with E-state index in [0.717, 1.165) is 11.3 Å². The lowest BCUT2D eigenvalue weighted by Crippen LogP contribution is -2.03. The van der Waals surface area contributed by atoms with Gasteiger partial charge in [-0.2, -0.15) is 0 Å². The molecule has 2 aromatic rings. The highest BCUT2D eigenvalue weighted by molar-refractivity contribution is 6.42. The highest BCUT2D eigenvalue weighted by Gasteiger charge is 2.06. The first-order valence-electron chi connectivity index (χ1n) is 4.90. The summed E-state index contributed by atoms with van der Waals surface area (Å²) >= 11 is 12.0. The van der Waals surface area contributed by atoms with Gasteiger partial charge in [-0.05, 0) is 23.8 Å². The van der Waals surface area contributed by atoms with Crippen molar-refractivity contribution in [1.29, 1.82) is 0 Å². The minimum atomic E-state index is 0.0190. The Bertz CT molecular complexity index is 494. The molecule has 0 spiro atoms. The third-order valence-corrected chi connectivity index (χ3v) is 3.32. The lowest BCUT2D eigenvalue weighted by atomic mass is 10.2. The zero-order chi connectivity index (χ0) is 11.5. The van der Waals surface area contributed by atoms with Crippen molar-refractivity contribution in [2.75, 3.05) is 0 Å². The summed E-state index contributed by atoms with van der Waals surface area (Å²) in [5.74, 6) is 0. The standard InChI is InChI=1S/C12H11Cl2NO/c13-11-5-1-3-9(12(11)14)7-15-6-2-4-10(15)8-16/h1-6,16H,7-8H2. The highest BCUT2D eigenvalue weighted by atomic mass is 35.5. The van der Waals surface area contributed by atoms with Crippen molar-refractivity contribution in [3.05, 3.63) is 57.8 Å². The second-order valence-corrected chi connectivity index (χ2v) is 4.28. The summed E-state index contributed by atoms with van der Waals surface area (Å²) in [6.07, 6.45) is 1.91. The lowest BCUT2D eigenvalue weighted by Gasteiger charge is -2.09. The SMILES string of the molecule is OCc1cccn1Cc1cccc(Cl)c1Cl. The Hall–Kier alpha value is -0.960. The molecule has 1 aromatic heterocycles. The van der Waals surface area contributed by atoms with Gasteiger partial charge in [0.25, 0.3) is 0 Å². The van der Waals surface area contributed by atoms with Crippen molar-refractivity contribution < 1.29 is 5.11 Å². The Morgan fingerprint density at radius 2 is 1.94 bits per heavy atom. The number of hydrogen-bond donors (Lipinski definition) is 1. The zero-order valence-corrected chi connectivity index (χ0v) is 10.0. The predicted octanol–water partition coefficient (Wildman–Crippen LogP) is 3.34. The first kappa shape index (κ1) is 11.5. The van der Waals surface area contributed by atoms with Crippen LogP contribution in [0.1, 0.15) is 11.3 Å². The van der Waals surface area contributed by atoms with Gasteiger partial charge in [0.05, 0.1) is 16.7 Å². The minimum absolute atomic E-state index is 0.0190. The van der Waals surface area contributed by atoms with Crippen molar-refractivity contribution in [2.45, 2.75) is 13.2 Å². The molecule has 0 aliphatic carbocycles. The summed E-state index contributed by atoms with van der Waals surface area (Å²) in [7, 11) is 0. The zero-order valence-electron chi connectivity index (χ0n) is 8.53. The van der Waals surface area contributed by atoms with E-state index in [1.165, 1.54) is 0 Å². The van der Waals surface area contributed by atoms with Crippen LogP contribution in [0.25, 0.3) is 0 Å². The smallest absolute Gasteiger partial charge is 0.0832 e. The molecule has 0 amide bonds. The van der Waals surface area contributed by atoms with Gasteiger partial charge >= 0.3 is 0 Å². The molecule has 0 radical (unpaired) electrons. The van der Waals surface area contributed by atoms with E-state index in [1.807, 2.05) is 35.0 Å². The molecule has 0 aliphatic heterocycles. The number of aromatic nitrogens is 1. The van der Waals surface area contributed by atoms with Crippen LogP contribution in [0.3, 0.4) is 0 Å². The fourth-order valence-electron chi connectivity index (χ4n) is 1.60. The van der Waals surface area contributed by atoms with Crippen LogP contribution in [-0.4, -0.2) is 9.67 Å². The quantitative estimate of drug-likeness (QED) is 0.895.